The summed E-state index contributed by atoms with van der Waals surface area (Å²) in [6, 6.07) is 4.81. The topological polar surface area (TPSA) is 160 Å². The van der Waals surface area contributed by atoms with E-state index in [1.807, 2.05) is 0 Å². The number of carbonyl (C=O) groups excluding carboxylic acids is 6. The Morgan fingerprint density at radius 2 is 1.13 bits per heavy atom. The van der Waals surface area contributed by atoms with Crippen LogP contribution in [0.5, 0.6) is 28.7 Å². The van der Waals surface area contributed by atoms with Crippen LogP contribution in [-0.4, -0.2) is 40.6 Å². The Labute approximate surface area is 214 Å². The molecule has 0 radical (unpaired) electrons. The van der Waals surface area contributed by atoms with Gasteiger partial charge in [-0.3, -0.25) is 28.8 Å². The normalized spacial score (nSPS) is 11.9. The van der Waals surface area contributed by atoms with E-state index < -0.39 is 46.8 Å². The molecule has 1 aliphatic carbocycles. The van der Waals surface area contributed by atoms with Crippen molar-refractivity contribution < 1.29 is 52.8 Å². The molecule has 0 amide bonds. The molecule has 194 valence electrons. The smallest absolute Gasteiger partial charge is 0.308 e. The van der Waals surface area contributed by atoms with Crippen molar-refractivity contribution in [2.75, 3.05) is 0 Å². The second kappa shape index (κ2) is 9.43. The summed E-state index contributed by atoms with van der Waals surface area (Å²) in [6.07, 6.45) is 0. The Bertz CT molecular complexity index is 1630. The lowest BCUT2D eigenvalue weighted by atomic mass is 9.79. The van der Waals surface area contributed by atoms with Crippen LogP contribution in [0.2, 0.25) is 0 Å². The molecule has 0 bridgehead atoms. The highest BCUT2D eigenvalue weighted by atomic mass is 16.6. The van der Waals surface area contributed by atoms with Gasteiger partial charge in [0, 0.05) is 51.0 Å². The molecule has 11 nitrogen and oxygen atoms in total. The lowest BCUT2D eigenvalue weighted by Gasteiger charge is -2.24. The number of aromatic hydroxyl groups is 1. The molecule has 0 saturated heterocycles. The molecule has 38 heavy (non-hydrogen) atoms. The number of phenolic OH excluding ortho intramolecular Hbond substituents is 1. The molecule has 0 heterocycles. The van der Waals surface area contributed by atoms with Gasteiger partial charge in [0.05, 0.1) is 16.5 Å². The van der Waals surface area contributed by atoms with Gasteiger partial charge < -0.3 is 24.1 Å². The summed E-state index contributed by atoms with van der Waals surface area (Å²) in [6.45, 7) is 5.98. The van der Waals surface area contributed by atoms with Crippen LogP contribution in [0.15, 0.2) is 24.3 Å². The number of carbonyl (C=O) groups is 6. The average Bonchev–Trinajstić information content (AvgIpc) is 2.77. The van der Waals surface area contributed by atoms with Crippen molar-refractivity contribution in [3.8, 4) is 28.7 Å². The highest BCUT2D eigenvalue weighted by Gasteiger charge is 2.39. The Balaban J connectivity index is 2.09. The summed E-state index contributed by atoms with van der Waals surface area (Å²) >= 11 is 0. The number of hydrogen-bond donors (Lipinski definition) is 1. The Morgan fingerprint density at radius 3 is 1.68 bits per heavy atom. The SMILES string of the molecule is CC(=O)Oc1cc(OC(C)=O)c2c(c1)C(=O)c1c(c(O)c3c(OC(C)=O)cc(OC(C)=O)cc3c1C)C2=O. The highest BCUT2D eigenvalue weighted by Crippen LogP contribution is 2.47. The molecular formula is C27H20O11. The van der Waals surface area contributed by atoms with E-state index in [4.69, 9.17) is 18.9 Å². The first kappa shape index (κ1) is 26.0. The third-order valence-electron chi connectivity index (χ3n) is 5.61. The number of hydrogen-bond acceptors (Lipinski definition) is 11. The minimum atomic E-state index is -0.861. The molecule has 1 aliphatic rings. The predicted molar refractivity (Wildman–Crippen MR) is 129 cm³/mol. The summed E-state index contributed by atoms with van der Waals surface area (Å²) < 4.78 is 20.6. The zero-order valence-corrected chi connectivity index (χ0v) is 20.8. The molecule has 0 aliphatic heterocycles. The third-order valence-corrected chi connectivity index (χ3v) is 5.61. The quantitative estimate of drug-likeness (QED) is 0.310. The maximum Gasteiger partial charge on any atom is 0.308 e. The van der Waals surface area contributed by atoms with Crippen molar-refractivity contribution in [3.63, 3.8) is 0 Å². The molecule has 3 aromatic carbocycles. The zero-order chi connectivity index (χ0) is 28.0. The Hall–Kier alpha value is -5.06. The molecule has 1 N–H and O–H groups in total. The van der Waals surface area contributed by atoms with Gasteiger partial charge in [-0.25, -0.2) is 0 Å². The van der Waals surface area contributed by atoms with Crippen molar-refractivity contribution in [2.45, 2.75) is 34.6 Å². The molecular weight excluding hydrogens is 500 g/mol. The Morgan fingerprint density at radius 1 is 0.632 bits per heavy atom. The monoisotopic (exact) mass is 520 g/mol. The van der Waals surface area contributed by atoms with Crippen molar-refractivity contribution in [2.24, 2.45) is 0 Å². The van der Waals surface area contributed by atoms with Gasteiger partial charge in [-0.2, -0.15) is 0 Å². The molecule has 4 rings (SSSR count). The van der Waals surface area contributed by atoms with E-state index in [1.54, 1.807) is 0 Å². The number of aryl methyl sites for hydroxylation is 1. The van der Waals surface area contributed by atoms with Crippen LogP contribution < -0.4 is 18.9 Å². The molecule has 0 aromatic heterocycles. The third kappa shape index (κ3) is 4.45. The fraction of sp³-hybridized carbons (Fsp3) is 0.185. The van der Waals surface area contributed by atoms with E-state index in [-0.39, 0.29) is 56.0 Å². The minimum Gasteiger partial charge on any atom is -0.506 e. The van der Waals surface area contributed by atoms with Crippen LogP contribution in [0.4, 0.5) is 0 Å². The van der Waals surface area contributed by atoms with Gasteiger partial charge in [0.1, 0.15) is 28.7 Å². The molecule has 11 heteroatoms. The van der Waals surface area contributed by atoms with Gasteiger partial charge in [0.2, 0.25) is 5.78 Å². The van der Waals surface area contributed by atoms with Gasteiger partial charge in [0.15, 0.2) is 5.78 Å². The number of ketones is 2. The number of fused-ring (bicyclic) bond motifs is 3. The van der Waals surface area contributed by atoms with Crippen LogP contribution in [0.25, 0.3) is 10.8 Å². The minimum absolute atomic E-state index is 0.0343. The second-order valence-corrected chi connectivity index (χ2v) is 8.44. The van der Waals surface area contributed by atoms with Gasteiger partial charge in [-0.05, 0) is 30.0 Å². The number of benzene rings is 3. The van der Waals surface area contributed by atoms with E-state index in [9.17, 15) is 33.9 Å². The first-order valence-electron chi connectivity index (χ1n) is 11.1. The zero-order valence-electron chi connectivity index (χ0n) is 20.8. The van der Waals surface area contributed by atoms with E-state index in [2.05, 4.69) is 0 Å². The maximum absolute atomic E-state index is 13.8. The number of ether oxygens (including phenoxy) is 4. The summed E-state index contributed by atoms with van der Waals surface area (Å²) in [4.78, 5) is 74.2. The maximum atomic E-state index is 13.8. The molecule has 0 atom stereocenters. The molecule has 0 fully saturated rings. The van der Waals surface area contributed by atoms with E-state index >= 15 is 0 Å². The standard InChI is InChI=1S/C27H20O11/c1-10-17-6-15(35-11(2)28)8-19(37-13(4)30)22(17)26(33)24-21(10)25(32)18-7-16(36-12(3)29)9-20(38-14(5)31)23(18)27(24)34/h6-9,33H,1-5H3. The van der Waals surface area contributed by atoms with Crippen LogP contribution in [0, 0.1) is 6.92 Å². The Kier molecular flexibility index (Phi) is 6.46. The van der Waals surface area contributed by atoms with Crippen molar-refractivity contribution >= 4 is 46.2 Å². The van der Waals surface area contributed by atoms with Gasteiger partial charge in [-0.1, -0.05) is 0 Å². The van der Waals surface area contributed by atoms with E-state index in [1.165, 1.54) is 19.1 Å². The van der Waals surface area contributed by atoms with Crippen molar-refractivity contribution in [1.29, 1.82) is 0 Å². The molecule has 0 unspecified atom stereocenters. The fourth-order valence-electron chi connectivity index (χ4n) is 4.38. The summed E-state index contributed by atoms with van der Waals surface area (Å²) in [5.74, 6) is -5.98. The highest BCUT2D eigenvalue weighted by molar-refractivity contribution is 6.33. The summed E-state index contributed by atoms with van der Waals surface area (Å²) in [7, 11) is 0. The van der Waals surface area contributed by atoms with Gasteiger partial charge in [-0.15, -0.1) is 0 Å². The van der Waals surface area contributed by atoms with Gasteiger partial charge >= 0.3 is 23.9 Å². The first-order chi connectivity index (χ1) is 17.8. The molecule has 0 saturated carbocycles. The van der Waals surface area contributed by atoms with Crippen LogP contribution in [-0.2, 0) is 19.2 Å². The number of rotatable bonds is 4. The van der Waals surface area contributed by atoms with Crippen LogP contribution in [0.1, 0.15) is 65.1 Å². The summed E-state index contributed by atoms with van der Waals surface area (Å²) in [5.41, 5.74) is -0.945. The van der Waals surface area contributed by atoms with Crippen molar-refractivity contribution in [3.05, 3.63) is 52.1 Å². The lowest BCUT2D eigenvalue weighted by Crippen LogP contribution is -2.24. The largest absolute Gasteiger partial charge is 0.506 e. The van der Waals surface area contributed by atoms with E-state index in [0.29, 0.717) is 0 Å². The van der Waals surface area contributed by atoms with E-state index in [0.717, 1.165) is 39.8 Å². The first-order valence-corrected chi connectivity index (χ1v) is 11.1. The summed E-state index contributed by atoms with van der Waals surface area (Å²) in [5, 5.41) is 11.4. The second-order valence-electron chi connectivity index (χ2n) is 8.44. The number of phenols is 1. The van der Waals surface area contributed by atoms with Crippen LogP contribution >= 0.6 is 0 Å². The van der Waals surface area contributed by atoms with Crippen molar-refractivity contribution in [1.82, 2.24) is 0 Å². The lowest BCUT2D eigenvalue weighted by molar-refractivity contribution is -0.133. The average molecular weight is 520 g/mol. The predicted octanol–water partition coefficient (Wildman–Crippen LogP) is 3.33. The molecule has 0 spiro atoms. The van der Waals surface area contributed by atoms with Gasteiger partial charge in [0.25, 0.3) is 0 Å². The molecule has 3 aromatic rings. The fourth-order valence-corrected chi connectivity index (χ4v) is 4.38. The van der Waals surface area contributed by atoms with Crippen LogP contribution in [0.3, 0.4) is 0 Å². The number of esters is 4.